The Labute approximate surface area is 138 Å². The Morgan fingerprint density at radius 1 is 0.955 bits per heavy atom. The highest BCUT2D eigenvalue weighted by Gasteiger charge is 2.63. The second-order valence-electron chi connectivity index (χ2n) is 10.3. The molecular weight excluding hydrogens is 264 g/mol. The lowest BCUT2D eigenvalue weighted by Gasteiger charge is -2.66. The molecule has 0 nitrogen and oxygen atoms in total. The monoisotopic (exact) mass is 300 g/mol. The summed E-state index contributed by atoms with van der Waals surface area (Å²) < 4.78 is 0. The predicted molar refractivity (Wildman–Crippen MR) is 94.6 cm³/mol. The molecule has 22 heavy (non-hydrogen) atoms. The van der Waals surface area contributed by atoms with Crippen molar-refractivity contribution < 1.29 is 0 Å². The Balaban J connectivity index is 1.74. The van der Waals surface area contributed by atoms with E-state index in [2.05, 4.69) is 34.3 Å². The summed E-state index contributed by atoms with van der Waals surface area (Å²) in [6.07, 6.45) is 13.1. The van der Waals surface area contributed by atoms with E-state index in [-0.39, 0.29) is 0 Å². The van der Waals surface area contributed by atoms with Crippen molar-refractivity contribution in [2.24, 2.45) is 39.9 Å². The van der Waals surface area contributed by atoms with Gasteiger partial charge >= 0.3 is 0 Å². The maximum absolute atomic E-state index is 4.49. The van der Waals surface area contributed by atoms with Gasteiger partial charge in [-0.3, -0.25) is 0 Å². The normalized spacial score (nSPS) is 57.9. The molecule has 0 N–H and O–H groups in total. The Bertz CT molecular complexity index is 490. The first-order chi connectivity index (χ1) is 10.3. The highest BCUT2D eigenvalue weighted by molar-refractivity contribution is 5.22. The van der Waals surface area contributed by atoms with E-state index >= 15 is 0 Å². The molecule has 0 radical (unpaired) electrons. The number of hydrogen-bond acceptors (Lipinski definition) is 0. The summed E-state index contributed by atoms with van der Waals surface area (Å²) in [5, 5.41) is 0. The molecule has 4 saturated carbocycles. The van der Waals surface area contributed by atoms with Crippen molar-refractivity contribution in [1.82, 2.24) is 0 Å². The van der Waals surface area contributed by atoms with Crippen molar-refractivity contribution in [3.05, 3.63) is 12.2 Å². The van der Waals surface area contributed by atoms with Gasteiger partial charge in [0.05, 0.1) is 0 Å². The Kier molecular flexibility index (Phi) is 3.22. The lowest BCUT2D eigenvalue weighted by molar-refractivity contribution is -0.166. The summed E-state index contributed by atoms with van der Waals surface area (Å²) in [5.74, 6) is 3.84. The standard InChI is InChI=1S/C22H36/c1-15-14-20(3)11-6-7-12-22(20,5)18-10-13-21(4)16(2)8-9-17(21)19(15)18/h15,17-19H,2,6-14H2,1,3-5H3. The van der Waals surface area contributed by atoms with Gasteiger partial charge in [0.2, 0.25) is 0 Å². The predicted octanol–water partition coefficient (Wildman–Crippen LogP) is 6.61. The SMILES string of the molecule is C=C1CCC2C3C(C)CC4(C)CCCCC4(C)C3CCC12C. The van der Waals surface area contributed by atoms with Crippen molar-refractivity contribution in [1.29, 1.82) is 0 Å². The first-order valence-electron chi connectivity index (χ1n) is 10.0. The van der Waals surface area contributed by atoms with Crippen molar-refractivity contribution in [2.45, 2.75) is 85.5 Å². The molecule has 0 heteroatoms. The molecule has 0 aromatic carbocycles. The molecule has 4 aliphatic rings. The summed E-state index contributed by atoms with van der Waals surface area (Å²) in [6, 6.07) is 0. The van der Waals surface area contributed by atoms with Crippen LogP contribution >= 0.6 is 0 Å². The van der Waals surface area contributed by atoms with Crippen LogP contribution in [0.15, 0.2) is 12.2 Å². The molecule has 0 heterocycles. The van der Waals surface area contributed by atoms with Gasteiger partial charge in [0.15, 0.2) is 0 Å². The third kappa shape index (κ3) is 1.71. The first kappa shape index (κ1) is 15.3. The Hall–Kier alpha value is -0.260. The molecule has 4 rings (SSSR count). The van der Waals surface area contributed by atoms with Gasteiger partial charge in [-0.2, -0.15) is 0 Å². The summed E-state index contributed by atoms with van der Waals surface area (Å²) in [4.78, 5) is 0. The molecule has 0 spiro atoms. The number of fused-ring (bicyclic) bond motifs is 5. The van der Waals surface area contributed by atoms with E-state index in [0.29, 0.717) is 16.2 Å². The number of hydrogen-bond donors (Lipinski definition) is 0. The average molecular weight is 301 g/mol. The van der Waals surface area contributed by atoms with Crippen LogP contribution in [0.3, 0.4) is 0 Å². The van der Waals surface area contributed by atoms with Crippen LogP contribution in [0, 0.1) is 39.9 Å². The second-order valence-corrected chi connectivity index (χ2v) is 10.3. The van der Waals surface area contributed by atoms with Gasteiger partial charge in [-0.05, 0) is 84.9 Å². The van der Waals surface area contributed by atoms with Gasteiger partial charge in [0.25, 0.3) is 0 Å². The minimum atomic E-state index is 0.480. The smallest absolute Gasteiger partial charge is 0.00878 e. The van der Waals surface area contributed by atoms with Crippen LogP contribution in [0.2, 0.25) is 0 Å². The van der Waals surface area contributed by atoms with Crippen LogP contribution in [0.4, 0.5) is 0 Å². The zero-order valence-corrected chi connectivity index (χ0v) is 15.4. The van der Waals surface area contributed by atoms with Crippen LogP contribution < -0.4 is 0 Å². The molecule has 7 atom stereocenters. The van der Waals surface area contributed by atoms with E-state index in [0.717, 1.165) is 23.7 Å². The fraction of sp³-hybridized carbons (Fsp3) is 0.909. The van der Waals surface area contributed by atoms with Gasteiger partial charge in [-0.15, -0.1) is 0 Å². The van der Waals surface area contributed by atoms with Crippen molar-refractivity contribution in [3.63, 3.8) is 0 Å². The molecule has 0 aromatic rings. The van der Waals surface area contributed by atoms with Crippen LogP contribution in [-0.4, -0.2) is 0 Å². The Morgan fingerprint density at radius 3 is 2.45 bits per heavy atom. The first-order valence-corrected chi connectivity index (χ1v) is 10.0. The summed E-state index contributed by atoms with van der Waals surface area (Å²) in [5.41, 5.74) is 3.31. The van der Waals surface area contributed by atoms with E-state index in [1.165, 1.54) is 57.8 Å². The molecule has 0 saturated heterocycles. The topological polar surface area (TPSA) is 0 Å². The summed E-state index contributed by atoms with van der Waals surface area (Å²) >= 11 is 0. The van der Waals surface area contributed by atoms with E-state index < -0.39 is 0 Å². The summed E-state index contributed by atoms with van der Waals surface area (Å²) in [6.45, 7) is 15.0. The average Bonchev–Trinajstić information content (AvgIpc) is 2.76. The van der Waals surface area contributed by atoms with Gasteiger partial charge in [0, 0.05) is 0 Å². The lowest BCUT2D eigenvalue weighted by Crippen LogP contribution is -2.58. The van der Waals surface area contributed by atoms with Crippen LogP contribution in [-0.2, 0) is 0 Å². The van der Waals surface area contributed by atoms with E-state index in [1.807, 2.05) is 0 Å². The third-order valence-corrected chi connectivity index (χ3v) is 9.59. The van der Waals surface area contributed by atoms with Crippen molar-refractivity contribution in [2.75, 3.05) is 0 Å². The van der Waals surface area contributed by atoms with E-state index in [1.54, 1.807) is 5.57 Å². The fourth-order valence-corrected chi connectivity index (χ4v) is 8.05. The quantitative estimate of drug-likeness (QED) is 0.441. The largest absolute Gasteiger partial charge is 0.0993 e. The molecule has 0 bridgehead atoms. The van der Waals surface area contributed by atoms with Crippen LogP contribution in [0.5, 0.6) is 0 Å². The number of rotatable bonds is 0. The Morgan fingerprint density at radius 2 is 1.68 bits per heavy atom. The lowest BCUT2D eigenvalue weighted by atomic mass is 9.39. The highest BCUT2D eigenvalue weighted by atomic mass is 14.7. The van der Waals surface area contributed by atoms with Gasteiger partial charge in [-0.1, -0.05) is 52.7 Å². The molecule has 7 unspecified atom stereocenters. The van der Waals surface area contributed by atoms with Gasteiger partial charge in [-0.25, -0.2) is 0 Å². The molecule has 124 valence electrons. The van der Waals surface area contributed by atoms with E-state index in [9.17, 15) is 0 Å². The second kappa shape index (κ2) is 4.64. The van der Waals surface area contributed by atoms with Crippen molar-refractivity contribution >= 4 is 0 Å². The highest BCUT2D eigenvalue weighted by Crippen LogP contribution is 2.71. The van der Waals surface area contributed by atoms with Gasteiger partial charge < -0.3 is 0 Å². The zero-order valence-electron chi connectivity index (χ0n) is 15.4. The third-order valence-electron chi connectivity index (χ3n) is 9.59. The maximum atomic E-state index is 4.49. The zero-order chi connectivity index (χ0) is 15.8. The van der Waals surface area contributed by atoms with Crippen molar-refractivity contribution in [3.8, 4) is 0 Å². The number of allylic oxidation sites excluding steroid dienone is 1. The fourth-order valence-electron chi connectivity index (χ4n) is 8.05. The molecule has 4 fully saturated rings. The van der Waals surface area contributed by atoms with E-state index in [4.69, 9.17) is 0 Å². The minimum absolute atomic E-state index is 0.480. The molecule has 0 amide bonds. The molecule has 0 aliphatic heterocycles. The van der Waals surface area contributed by atoms with Crippen LogP contribution in [0.25, 0.3) is 0 Å². The van der Waals surface area contributed by atoms with Gasteiger partial charge in [0.1, 0.15) is 0 Å². The maximum Gasteiger partial charge on any atom is -0.00878 e. The van der Waals surface area contributed by atoms with Crippen LogP contribution in [0.1, 0.15) is 85.5 Å². The molecular formula is C22H36. The summed E-state index contributed by atoms with van der Waals surface area (Å²) in [7, 11) is 0. The minimum Gasteiger partial charge on any atom is -0.0993 e. The molecule has 0 aromatic heterocycles. The molecule has 4 aliphatic carbocycles.